The summed E-state index contributed by atoms with van der Waals surface area (Å²) in [6.07, 6.45) is 6.32. The van der Waals surface area contributed by atoms with E-state index in [2.05, 4.69) is 16.6 Å². The number of aromatic nitrogens is 1. The smallest absolute Gasteiger partial charge is 0.0807 e. The molecule has 0 aliphatic carbocycles. The molecule has 1 aromatic rings. The predicted octanol–water partition coefficient (Wildman–Crippen LogP) is 2.08. The van der Waals surface area contributed by atoms with Gasteiger partial charge in [-0.05, 0) is 18.6 Å². The molecule has 1 heterocycles. The first-order valence-electron chi connectivity index (χ1n) is 3.95. The van der Waals surface area contributed by atoms with E-state index in [-0.39, 0.29) is 0 Å². The Labute approximate surface area is 72.7 Å². The van der Waals surface area contributed by atoms with Crippen molar-refractivity contribution >= 4 is 6.21 Å². The molecule has 0 bridgehead atoms. The minimum atomic E-state index is 0.792. The minimum absolute atomic E-state index is 0.792. The summed E-state index contributed by atoms with van der Waals surface area (Å²) < 4.78 is 0. The van der Waals surface area contributed by atoms with Crippen LogP contribution in [-0.4, -0.2) is 17.7 Å². The fourth-order valence-electron chi connectivity index (χ4n) is 0.776. The zero-order valence-corrected chi connectivity index (χ0v) is 6.98. The molecule has 0 radical (unpaired) electrons. The SMILES string of the molecule is C=CCCN=Cc1ccccn1. The molecule has 0 atom stereocenters. The van der Waals surface area contributed by atoms with E-state index in [0.29, 0.717) is 0 Å². The van der Waals surface area contributed by atoms with Crippen LogP contribution in [0.3, 0.4) is 0 Å². The Bertz CT molecular complexity index is 252. The molecule has 0 saturated carbocycles. The monoisotopic (exact) mass is 160 g/mol. The molecule has 62 valence electrons. The highest BCUT2D eigenvalue weighted by molar-refractivity contribution is 5.76. The molecule has 0 saturated heterocycles. The Morgan fingerprint density at radius 1 is 1.50 bits per heavy atom. The van der Waals surface area contributed by atoms with Crippen molar-refractivity contribution in [3.05, 3.63) is 42.7 Å². The number of pyridine rings is 1. The van der Waals surface area contributed by atoms with Gasteiger partial charge in [-0.15, -0.1) is 6.58 Å². The molecule has 12 heavy (non-hydrogen) atoms. The number of nitrogens with zero attached hydrogens (tertiary/aromatic N) is 2. The summed E-state index contributed by atoms with van der Waals surface area (Å²) in [6.45, 7) is 4.41. The normalized spacial score (nSPS) is 10.3. The molecule has 1 rings (SSSR count). The average Bonchev–Trinajstić information content (AvgIpc) is 2.14. The molecule has 0 spiro atoms. The van der Waals surface area contributed by atoms with Crippen LogP contribution in [-0.2, 0) is 0 Å². The number of aliphatic imine (C=N–C) groups is 1. The fraction of sp³-hybridized carbons (Fsp3) is 0.200. The zero-order chi connectivity index (χ0) is 8.65. The fourth-order valence-corrected chi connectivity index (χ4v) is 0.776. The van der Waals surface area contributed by atoms with E-state index in [1.165, 1.54) is 0 Å². The largest absolute Gasteiger partial charge is 0.291 e. The minimum Gasteiger partial charge on any atom is -0.291 e. The van der Waals surface area contributed by atoms with Crippen molar-refractivity contribution in [3.63, 3.8) is 0 Å². The molecule has 1 aromatic heterocycles. The van der Waals surface area contributed by atoms with Gasteiger partial charge in [0.05, 0.1) is 5.69 Å². The molecule has 0 aromatic carbocycles. The van der Waals surface area contributed by atoms with E-state index in [9.17, 15) is 0 Å². The van der Waals surface area contributed by atoms with Crippen LogP contribution in [0.4, 0.5) is 0 Å². The van der Waals surface area contributed by atoms with E-state index in [0.717, 1.165) is 18.7 Å². The number of hydrogen-bond donors (Lipinski definition) is 0. The van der Waals surface area contributed by atoms with Crippen molar-refractivity contribution < 1.29 is 0 Å². The van der Waals surface area contributed by atoms with E-state index in [1.807, 2.05) is 24.3 Å². The molecular formula is C10H12N2. The topological polar surface area (TPSA) is 25.2 Å². The van der Waals surface area contributed by atoms with Gasteiger partial charge in [0.15, 0.2) is 0 Å². The summed E-state index contributed by atoms with van der Waals surface area (Å²) in [6, 6.07) is 5.76. The molecule has 0 aliphatic heterocycles. The van der Waals surface area contributed by atoms with Crippen molar-refractivity contribution in [3.8, 4) is 0 Å². The highest BCUT2D eigenvalue weighted by Crippen LogP contribution is 1.89. The van der Waals surface area contributed by atoms with Gasteiger partial charge in [-0.1, -0.05) is 12.1 Å². The number of rotatable bonds is 4. The highest BCUT2D eigenvalue weighted by atomic mass is 14.7. The lowest BCUT2D eigenvalue weighted by molar-refractivity contribution is 1.01. The summed E-state index contributed by atoms with van der Waals surface area (Å²) in [7, 11) is 0. The lowest BCUT2D eigenvalue weighted by Gasteiger charge is -1.89. The van der Waals surface area contributed by atoms with Crippen molar-refractivity contribution in [1.82, 2.24) is 4.98 Å². The van der Waals surface area contributed by atoms with Gasteiger partial charge in [-0.25, -0.2) is 0 Å². The Hall–Kier alpha value is -1.44. The summed E-state index contributed by atoms with van der Waals surface area (Å²) >= 11 is 0. The molecule has 0 fully saturated rings. The molecule has 0 amide bonds. The van der Waals surface area contributed by atoms with Gasteiger partial charge in [-0.2, -0.15) is 0 Å². The van der Waals surface area contributed by atoms with Gasteiger partial charge >= 0.3 is 0 Å². The van der Waals surface area contributed by atoms with Crippen molar-refractivity contribution in [2.24, 2.45) is 4.99 Å². The van der Waals surface area contributed by atoms with Crippen molar-refractivity contribution in [1.29, 1.82) is 0 Å². The van der Waals surface area contributed by atoms with Gasteiger partial charge in [-0.3, -0.25) is 9.98 Å². The first-order valence-corrected chi connectivity index (χ1v) is 3.95. The third-order valence-electron chi connectivity index (χ3n) is 1.37. The second-order valence-corrected chi connectivity index (χ2v) is 2.37. The predicted molar refractivity (Wildman–Crippen MR) is 51.5 cm³/mol. The summed E-state index contributed by atoms with van der Waals surface area (Å²) in [5.74, 6) is 0. The van der Waals surface area contributed by atoms with Gasteiger partial charge in [0.25, 0.3) is 0 Å². The van der Waals surface area contributed by atoms with Gasteiger partial charge in [0.1, 0.15) is 0 Å². The van der Waals surface area contributed by atoms with Gasteiger partial charge in [0, 0.05) is 19.0 Å². The van der Waals surface area contributed by atoms with E-state index in [4.69, 9.17) is 0 Å². The second-order valence-electron chi connectivity index (χ2n) is 2.37. The summed E-state index contributed by atoms with van der Waals surface area (Å²) in [4.78, 5) is 8.27. The van der Waals surface area contributed by atoms with Crippen LogP contribution in [0.1, 0.15) is 12.1 Å². The highest BCUT2D eigenvalue weighted by Gasteiger charge is 1.83. The van der Waals surface area contributed by atoms with Crippen LogP contribution in [0.25, 0.3) is 0 Å². The maximum absolute atomic E-state index is 4.17. The van der Waals surface area contributed by atoms with Crippen LogP contribution in [0.5, 0.6) is 0 Å². The third kappa shape index (κ3) is 3.10. The molecule has 0 unspecified atom stereocenters. The maximum Gasteiger partial charge on any atom is 0.0807 e. The third-order valence-corrected chi connectivity index (χ3v) is 1.37. The Balaban J connectivity index is 2.41. The standard InChI is InChI=1S/C10H12N2/c1-2-3-7-11-9-10-6-4-5-8-12-10/h2,4-6,8-9H,1,3,7H2. The number of hydrogen-bond acceptors (Lipinski definition) is 2. The average molecular weight is 160 g/mol. The first-order chi connectivity index (χ1) is 5.93. The van der Waals surface area contributed by atoms with Crippen LogP contribution in [0.2, 0.25) is 0 Å². The van der Waals surface area contributed by atoms with E-state index < -0.39 is 0 Å². The molecular weight excluding hydrogens is 148 g/mol. The lowest BCUT2D eigenvalue weighted by Crippen LogP contribution is -1.86. The van der Waals surface area contributed by atoms with Crippen LogP contribution in [0.15, 0.2) is 42.0 Å². The van der Waals surface area contributed by atoms with Gasteiger partial charge < -0.3 is 0 Å². The Kier molecular flexibility index (Phi) is 3.78. The van der Waals surface area contributed by atoms with Gasteiger partial charge in [0.2, 0.25) is 0 Å². The van der Waals surface area contributed by atoms with Crippen LogP contribution in [0, 0.1) is 0 Å². The first kappa shape index (κ1) is 8.65. The van der Waals surface area contributed by atoms with Crippen LogP contribution >= 0.6 is 0 Å². The summed E-state index contributed by atoms with van der Waals surface area (Å²) in [5.41, 5.74) is 0.904. The van der Waals surface area contributed by atoms with Crippen LogP contribution < -0.4 is 0 Å². The summed E-state index contributed by atoms with van der Waals surface area (Å²) in [5, 5.41) is 0. The zero-order valence-electron chi connectivity index (χ0n) is 6.98. The molecule has 0 aliphatic rings. The maximum atomic E-state index is 4.17. The molecule has 2 heteroatoms. The van der Waals surface area contributed by atoms with E-state index >= 15 is 0 Å². The lowest BCUT2D eigenvalue weighted by atomic mass is 10.4. The van der Waals surface area contributed by atoms with E-state index in [1.54, 1.807) is 12.4 Å². The van der Waals surface area contributed by atoms with Crippen molar-refractivity contribution in [2.45, 2.75) is 6.42 Å². The second kappa shape index (κ2) is 5.24. The Morgan fingerprint density at radius 3 is 3.08 bits per heavy atom. The Morgan fingerprint density at radius 2 is 2.42 bits per heavy atom. The quantitative estimate of drug-likeness (QED) is 0.376. The molecule has 2 nitrogen and oxygen atoms in total. The molecule has 0 N–H and O–H groups in total. The van der Waals surface area contributed by atoms with Crippen molar-refractivity contribution in [2.75, 3.05) is 6.54 Å².